The number of carbonyl (C=O) groups is 2. The van der Waals surface area contributed by atoms with E-state index in [2.05, 4.69) is 6.58 Å². The molecule has 10 nitrogen and oxygen atoms in total. The van der Waals surface area contributed by atoms with Crippen LogP contribution in [0.25, 0.3) is 11.1 Å². The van der Waals surface area contributed by atoms with Crippen molar-refractivity contribution in [3.63, 3.8) is 0 Å². The Hall–Kier alpha value is -2.92. The number of nitrogens with zero attached hydrogens (tertiary/aromatic N) is 4. The number of aryl methyl sites for hydroxylation is 1. The summed E-state index contributed by atoms with van der Waals surface area (Å²) < 4.78 is 34.0. The number of carbonyl (C=O) groups excluding carboxylic acids is 2. The van der Waals surface area contributed by atoms with Crippen molar-refractivity contribution in [1.29, 1.82) is 0 Å². The monoisotopic (exact) mass is 448 g/mol. The first kappa shape index (κ1) is 21.3. The molecule has 0 atom stereocenters. The van der Waals surface area contributed by atoms with Crippen molar-refractivity contribution < 1.29 is 22.4 Å². The van der Waals surface area contributed by atoms with Gasteiger partial charge in [-0.05, 0) is 25.0 Å². The highest BCUT2D eigenvalue weighted by molar-refractivity contribution is 7.89. The van der Waals surface area contributed by atoms with E-state index in [1.165, 1.54) is 25.9 Å². The summed E-state index contributed by atoms with van der Waals surface area (Å²) in [4.78, 5) is 39.5. The zero-order valence-electron chi connectivity index (χ0n) is 17.2. The summed E-state index contributed by atoms with van der Waals surface area (Å²) in [6.07, 6.45) is 2.48. The van der Waals surface area contributed by atoms with Crippen LogP contribution in [0.1, 0.15) is 12.8 Å². The number of benzene rings is 1. The minimum Gasteiger partial charge on any atom is -0.408 e. The van der Waals surface area contributed by atoms with Crippen molar-refractivity contribution in [2.75, 3.05) is 32.7 Å². The number of amides is 2. The smallest absolute Gasteiger partial charge is 0.408 e. The number of hydrogen-bond donors (Lipinski definition) is 0. The van der Waals surface area contributed by atoms with Crippen molar-refractivity contribution >= 4 is 32.9 Å². The Balaban J connectivity index is 1.46. The maximum Gasteiger partial charge on any atom is 0.419 e. The molecule has 2 fully saturated rings. The van der Waals surface area contributed by atoms with Crippen LogP contribution in [0.15, 0.2) is 45.0 Å². The second-order valence-electron chi connectivity index (χ2n) is 7.73. The number of hydrogen-bond acceptors (Lipinski definition) is 6. The lowest BCUT2D eigenvalue weighted by Crippen LogP contribution is -2.59. The Morgan fingerprint density at radius 2 is 1.81 bits per heavy atom. The lowest BCUT2D eigenvalue weighted by molar-refractivity contribution is -0.157. The maximum atomic E-state index is 13.1. The van der Waals surface area contributed by atoms with E-state index in [9.17, 15) is 22.8 Å². The summed E-state index contributed by atoms with van der Waals surface area (Å²) in [7, 11) is -2.23. The van der Waals surface area contributed by atoms with E-state index in [1.807, 2.05) is 0 Å². The molecule has 2 saturated heterocycles. The van der Waals surface area contributed by atoms with Crippen LogP contribution in [-0.2, 0) is 26.7 Å². The standard InChI is InChI=1S/C20H24N4O6S/c1-3-8-22-11-12-24(19(26)18(22)25)14-6-9-23(10-7-14)31(28,29)15-4-5-16-17(13-15)30-20(27)21(16)2/h3-5,13-14H,1,6-12H2,2H3. The molecular weight excluding hydrogens is 424 g/mol. The predicted molar refractivity (Wildman–Crippen MR) is 112 cm³/mol. The van der Waals surface area contributed by atoms with Crippen LogP contribution in [0.3, 0.4) is 0 Å². The Morgan fingerprint density at radius 1 is 1.10 bits per heavy atom. The van der Waals surface area contributed by atoms with Gasteiger partial charge in [0.05, 0.1) is 10.4 Å². The highest BCUT2D eigenvalue weighted by Gasteiger charge is 2.39. The van der Waals surface area contributed by atoms with E-state index in [0.717, 1.165) is 0 Å². The fourth-order valence-corrected chi connectivity index (χ4v) is 5.67. The summed E-state index contributed by atoms with van der Waals surface area (Å²) >= 11 is 0. The minimum atomic E-state index is -3.78. The van der Waals surface area contributed by atoms with Gasteiger partial charge in [0.2, 0.25) is 10.0 Å². The first-order chi connectivity index (χ1) is 14.7. The van der Waals surface area contributed by atoms with Crippen molar-refractivity contribution in [3.05, 3.63) is 41.4 Å². The number of fused-ring (bicyclic) bond motifs is 1. The third-order valence-electron chi connectivity index (χ3n) is 5.96. The average molecular weight is 449 g/mol. The fraction of sp³-hybridized carbons (Fsp3) is 0.450. The van der Waals surface area contributed by atoms with Crippen LogP contribution >= 0.6 is 0 Å². The number of rotatable bonds is 5. The molecule has 0 bridgehead atoms. The van der Waals surface area contributed by atoms with Crippen molar-refractivity contribution in [3.8, 4) is 0 Å². The van der Waals surface area contributed by atoms with E-state index in [4.69, 9.17) is 4.42 Å². The van der Waals surface area contributed by atoms with Gasteiger partial charge in [0.25, 0.3) is 0 Å². The molecule has 1 aromatic carbocycles. The molecular formula is C20H24N4O6S. The van der Waals surface area contributed by atoms with E-state index in [1.54, 1.807) is 24.1 Å². The van der Waals surface area contributed by atoms with Crippen LogP contribution in [0, 0.1) is 0 Å². The van der Waals surface area contributed by atoms with Gasteiger partial charge in [-0.1, -0.05) is 6.08 Å². The van der Waals surface area contributed by atoms with Gasteiger partial charge >= 0.3 is 17.6 Å². The molecule has 0 N–H and O–H groups in total. The first-order valence-electron chi connectivity index (χ1n) is 10.0. The highest BCUT2D eigenvalue weighted by atomic mass is 32.2. The van der Waals surface area contributed by atoms with Gasteiger partial charge < -0.3 is 14.2 Å². The lowest BCUT2D eigenvalue weighted by atomic mass is 10.0. The molecule has 2 aromatic rings. The van der Waals surface area contributed by atoms with Crippen LogP contribution in [0.2, 0.25) is 0 Å². The maximum absolute atomic E-state index is 13.1. The molecule has 0 spiro atoms. The van der Waals surface area contributed by atoms with Gasteiger partial charge in [0, 0.05) is 51.9 Å². The quantitative estimate of drug-likeness (QED) is 0.475. The topological polar surface area (TPSA) is 113 Å². The average Bonchev–Trinajstić information content (AvgIpc) is 3.05. The molecule has 1 aromatic heterocycles. The van der Waals surface area contributed by atoms with Crippen molar-refractivity contribution in [2.24, 2.45) is 7.05 Å². The first-order valence-corrected chi connectivity index (χ1v) is 11.5. The summed E-state index contributed by atoms with van der Waals surface area (Å²) in [6.45, 7) is 5.27. The Kier molecular flexibility index (Phi) is 5.48. The van der Waals surface area contributed by atoms with Crippen LogP contribution in [0.5, 0.6) is 0 Å². The Bertz CT molecular complexity index is 1210. The fourth-order valence-electron chi connectivity index (χ4n) is 4.19. The van der Waals surface area contributed by atoms with Gasteiger partial charge in [-0.15, -0.1) is 6.58 Å². The molecule has 4 rings (SSSR count). The van der Waals surface area contributed by atoms with Crippen molar-refractivity contribution in [2.45, 2.75) is 23.8 Å². The normalized spacial score (nSPS) is 19.4. The van der Waals surface area contributed by atoms with Gasteiger partial charge in [-0.25, -0.2) is 13.2 Å². The number of piperazine rings is 1. The second-order valence-corrected chi connectivity index (χ2v) is 9.67. The summed E-state index contributed by atoms with van der Waals surface area (Å²) in [5, 5.41) is 0. The van der Waals surface area contributed by atoms with Gasteiger partial charge in [-0.3, -0.25) is 14.2 Å². The molecule has 2 aliphatic heterocycles. The third-order valence-corrected chi connectivity index (χ3v) is 7.85. The molecule has 2 amide bonds. The Labute approximate surface area is 179 Å². The Morgan fingerprint density at radius 3 is 2.48 bits per heavy atom. The van der Waals surface area contributed by atoms with Gasteiger partial charge in [-0.2, -0.15) is 4.31 Å². The largest absolute Gasteiger partial charge is 0.419 e. The second kappa shape index (κ2) is 7.97. The molecule has 0 radical (unpaired) electrons. The molecule has 31 heavy (non-hydrogen) atoms. The van der Waals surface area contributed by atoms with E-state index >= 15 is 0 Å². The minimum absolute atomic E-state index is 0.0529. The third kappa shape index (κ3) is 3.68. The molecule has 2 aliphatic rings. The zero-order valence-corrected chi connectivity index (χ0v) is 18.0. The number of oxazole rings is 1. The molecule has 166 valence electrons. The highest BCUT2D eigenvalue weighted by Crippen LogP contribution is 2.26. The molecule has 0 unspecified atom stereocenters. The summed E-state index contributed by atoms with van der Waals surface area (Å²) in [6, 6.07) is 4.19. The summed E-state index contributed by atoms with van der Waals surface area (Å²) in [5.74, 6) is -1.64. The summed E-state index contributed by atoms with van der Waals surface area (Å²) in [5.41, 5.74) is 0.728. The molecule has 11 heteroatoms. The number of piperidine rings is 1. The van der Waals surface area contributed by atoms with E-state index in [0.29, 0.717) is 38.0 Å². The molecule has 0 saturated carbocycles. The molecule has 3 heterocycles. The van der Waals surface area contributed by atoms with Crippen LogP contribution in [0.4, 0.5) is 0 Å². The van der Waals surface area contributed by atoms with Gasteiger partial charge in [0.15, 0.2) is 5.58 Å². The van der Waals surface area contributed by atoms with Crippen LogP contribution in [-0.4, -0.2) is 77.7 Å². The lowest BCUT2D eigenvalue weighted by Gasteiger charge is -2.41. The molecule has 0 aliphatic carbocycles. The predicted octanol–water partition coefficient (Wildman–Crippen LogP) is 0.141. The SMILES string of the molecule is C=CCN1CCN(C2CCN(S(=O)(=O)c3ccc4c(c3)oc(=O)n4C)CC2)C(=O)C1=O. The van der Waals surface area contributed by atoms with E-state index < -0.39 is 27.6 Å². The van der Waals surface area contributed by atoms with Crippen molar-refractivity contribution in [1.82, 2.24) is 18.7 Å². The van der Waals surface area contributed by atoms with Crippen LogP contribution < -0.4 is 5.76 Å². The zero-order chi connectivity index (χ0) is 22.3. The number of sulfonamides is 1. The van der Waals surface area contributed by atoms with E-state index in [-0.39, 0.29) is 29.6 Å². The number of aromatic nitrogens is 1. The van der Waals surface area contributed by atoms with Gasteiger partial charge in [0.1, 0.15) is 0 Å².